The third-order valence-corrected chi connectivity index (χ3v) is 3.46. The van der Waals surface area contributed by atoms with Gasteiger partial charge in [0.15, 0.2) is 0 Å². The molecular formula is C7H5Br2ClO. The summed E-state index contributed by atoms with van der Waals surface area (Å²) in [4.78, 5) is 0. The summed E-state index contributed by atoms with van der Waals surface area (Å²) in [6, 6.07) is 1.66. The molecule has 0 fully saturated rings. The van der Waals surface area contributed by atoms with Crippen LogP contribution in [0.25, 0.3) is 0 Å². The van der Waals surface area contributed by atoms with Gasteiger partial charge in [0.1, 0.15) is 5.75 Å². The molecule has 0 saturated carbocycles. The molecule has 0 unspecified atom stereocenters. The van der Waals surface area contributed by atoms with Gasteiger partial charge < -0.3 is 5.11 Å². The highest BCUT2D eigenvalue weighted by atomic mass is 79.9. The number of phenolic OH excluding ortho intramolecular Hbond substituents is 1. The van der Waals surface area contributed by atoms with Crippen molar-refractivity contribution in [3.05, 3.63) is 25.6 Å². The lowest BCUT2D eigenvalue weighted by atomic mass is 10.2. The molecular weight excluding hydrogens is 295 g/mol. The standard InChI is InChI=1S/C7H5Br2ClO/c1-3-4(8)2-5(10)7(11)6(3)9/h2,11H,1H3. The van der Waals surface area contributed by atoms with Gasteiger partial charge in [0.25, 0.3) is 0 Å². The number of aromatic hydroxyl groups is 1. The van der Waals surface area contributed by atoms with Crippen LogP contribution in [-0.4, -0.2) is 5.11 Å². The molecule has 0 bridgehead atoms. The summed E-state index contributed by atoms with van der Waals surface area (Å²) >= 11 is 12.2. The van der Waals surface area contributed by atoms with Gasteiger partial charge in [0, 0.05) is 4.47 Å². The minimum absolute atomic E-state index is 0.0902. The van der Waals surface area contributed by atoms with Crippen molar-refractivity contribution in [1.29, 1.82) is 0 Å². The largest absolute Gasteiger partial charge is 0.505 e. The van der Waals surface area contributed by atoms with Gasteiger partial charge in [0.2, 0.25) is 0 Å². The van der Waals surface area contributed by atoms with Crippen molar-refractivity contribution in [3.63, 3.8) is 0 Å². The lowest BCUT2D eigenvalue weighted by Crippen LogP contribution is -1.80. The number of rotatable bonds is 0. The summed E-state index contributed by atoms with van der Waals surface area (Å²) in [5.74, 6) is 0.0902. The van der Waals surface area contributed by atoms with Crippen molar-refractivity contribution in [2.75, 3.05) is 0 Å². The first-order chi connectivity index (χ1) is 5.04. The molecule has 1 rings (SSSR count). The van der Waals surface area contributed by atoms with Gasteiger partial charge >= 0.3 is 0 Å². The van der Waals surface area contributed by atoms with E-state index in [9.17, 15) is 5.11 Å². The molecule has 1 N–H and O–H groups in total. The molecule has 4 heteroatoms. The summed E-state index contributed by atoms with van der Waals surface area (Å²) < 4.78 is 1.52. The SMILES string of the molecule is Cc1c(Br)cc(Cl)c(O)c1Br. The molecule has 0 radical (unpaired) electrons. The van der Waals surface area contributed by atoms with Crippen LogP contribution in [0.4, 0.5) is 0 Å². The Morgan fingerprint density at radius 2 is 2.00 bits per heavy atom. The Labute approximate surface area is 86.6 Å². The molecule has 0 atom stereocenters. The van der Waals surface area contributed by atoms with Crippen LogP contribution >= 0.6 is 43.5 Å². The van der Waals surface area contributed by atoms with Crippen LogP contribution in [0, 0.1) is 6.92 Å². The Bertz CT molecular complexity index is 273. The highest BCUT2D eigenvalue weighted by Gasteiger charge is 2.09. The second-order valence-electron chi connectivity index (χ2n) is 2.13. The Hall–Kier alpha value is 0.270. The molecule has 0 amide bonds. The molecule has 0 saturated heterocycles. The van der Waals surface area contributed by atoms with Crippen LogP contribution in [0.5, 0.6) is 5.75 Å². The van der Waals surface area contributed by atoms with Gasteiger partial charge in [-0.2, -0.15) is 0 Å². The fraction of sp³-hybridized carbons (Fsp3) is 0.143. The van der Waals surface area contributed by atoms with Crippen LogP contribution in [0.1, 0.15) is 5.56 Å². The predicted molar refractivity (Wildman–Crippen MR) is 53.3 cm³/mol. The van der Waals surface area contributed by atoms with Gasteiger partial charge in [-0.3, -0.25) is 0 Å². The first-order valence-electron chi connectivity index (χ1n) is 2.87. The molecule has 1 aromatic rings. The molecule has 0 spiro atoms. The number of halogens is 3. The number of phenols is 1. The highest BCUT2D eigenvalue weighted by molar-refractivity contribution is 9.11. The monoisotopic (exact) mass is 298 g/mol. The van der Waals surface area contributed by atoms with E-state index >= 15 is 0 Å². The van der Waals surface area contributed by atoms with E-state index in [0.29, 0.717) is 9.50 Å². The van der Waals surface area contributed by atoms with Crippen molar-refractivity contribution < 1.29 is 5.11 Å². The Morgan fingerprint density at radius 1 is 1.45 bits per heavy atom. The molecule has 1 nitrogen and oxygen atoms in total. The smallest absolute Gasteiger partial charge is 0.148 e. The summed E-state index contributed by atoms with van der Waals surface area (Å²) in [7, 11) is 0. The summed E-state index contributed by atoms with van der Waals surface area (Å²) in [5, 5.41) is 9.65. The van der Waals surface area contributed by atoms with E-state index < -0.39 is 0 Å². The number of hydrogen-bond donors (Lipinski definition) is 1. The van der Waals surface area contributed by atoms with Crippen LogP contribution in [0.15, 0.2) is 15.0 Å². The first-order valence-corrected chi connectivity index (χ1v) is 4.83. The second-order valence-corrected chi connectivity index (χ2v) is 4.18. The van der Waals surface area contributed by atoms with Gasteiger partial charge in [-0.25, -0.2) is 0 Å². The van der Waals surface area contributed by atoms with E-state index in [-0.39, 0.29) is 5.75 Å². The van der Waals surface area contributed by atoms with Crippen molar-refractivity contribution in [1.82, 2.24) is 0 Å². The maximum atomic E-state index is 9.31. The fourth-order valence-corrected chi connectivity index (χ4v) is 2.25. The average molecular weight is 300 g/mol. The van der Waals surface area contributed by atoms with E-state index in [2.05, 4.69) is 31.9 Å². The molecule has 0 aliphatic rings. The van der Waals surface area contributed by atoms with E-state index in [0.717, 1.165) is 10.0 Å². The van der Waals surface area contributed by atoms with Gasteiger partial charge in [-0.05, 0) is 34.5 Å². The number of hydrogen-bond acceptors (Lipinski definition) is 1. The lowest BCUT2D eigenvalue weighted by molar-refractivity contribution is 0.471. The maximum absolute atomic E-state index is 9.31. The molecule has 0 aliphatic carbocycles. The van der Waals surface area contributed by atoms with Gasteiger partial charge in [-0.1, -0.05) is 27.5 Å². The quantitative estimate of drug-likeness (QED) is 0.771. The second kappa shape index (κ2) is 3.33. The highest BCUT2D eigenvalue weighted by Crippen LogP contribution is 2.38. The van der Waals surface area contributed by atoms with E-state index in [1.807, 2.05) is 6.92 Å². The first kappa shape index (κ1) is 9.36. The van der Waals surface area contributed by atoms with E-state index in [4.69, 9.17) is 11.6 Å². The van der Waals surface area contributed by atoms with E-state index in [1.54, 1.807) is 6.07 Å². The fourth-order valence-electron chi connectivity index (χ4n) is 0.675. The van der Waals surface area contributed by atoms with Gasteiger partial charge in [-0.15, -0.1) is 0 Å². The Kier molecular flexibility index (Phi) is 2.84. The van der Waals surface area contributed by atoms with Crippen LogP contribution in [0.2, 0.25) is 5.02 Å². The van der Waals surface area contributed by atoms with Crippen molar-refractivity contribution >= 4 is 43.5 Å². The molecule has 60 valence electrons. The van der Waals surface area contributed by atoms with Crippen LogP contribution in [0.3, 0.4) is 0 Å². The minimum atomic E-state index is 0.0902. The zero-order valence-corrected chi connectivity index (χ0v) is 9.59. The summed E-state index contributed by atoms with van der Waals surface area (Å²) in [6.07, 6.45) is 0. The third kappa shape index (κ3) is 1.71. The topological polar surface area (TPSA) is 20.2 Å². The minimum Gasteiger partial charge on any atom is -0.505 e. The normalized spacial score (nSPS) is 10.2. The van der Waals surface area contributed by atoms with Crippen LogP contribution in [-0.2, 0) is 0 Å². The average Bonchev–Trinajstić information content (AvgIpc) is 1.97. The molecule has 0 heterocycles. The van der Waals surface area contributed by atoms with Crippen molar-refractivity contribution in [2.24, 2.45) is 0 Å². The summed E-state index contributed by atoms with van der Waals surface area (Å²) in [5.41, 5.74) is 0.937. The Balaban J connectivity index is 3.46. The molecule has 11 heavy (non-hydrogen) atoms. The van der Waals surface area contributed by atoms with Gasteiger partial charge in [0.05, 0.1) is 9.50 Å². The predicted octanol–water partition coefficient (Wildman–Crippen LogP) is 3.88. The van der Waals surface area contributed by atoms with Crippen molar-refractivity contribution in [2.45, 2.75) is 6.92 Å². The Morgan fingerprint density at radius 3 is 2.55 bits per heavy atom. The molecule has 1 aromatic carbocycles. The van der Waals surface area contributed by atoms with E-state index in [1.165, 1.54) is 0 Å². The van der Waals surface area contributed by atoms with Crippen LogP contribution < -0.4 is 0 Å². The third-order valence-electron chi connectivity index (χ3n) is 1.38. The molecule has 0 aliphatic heterocycles. The number of benzene rings is 1. The lowest BCUT2D eigenvalue weighted by Gasteiger charge is -2.05. The van der Waals surface area contributed by atoms with Crippen molar-refractivity contribution in [3.8, 4) is 5.75 Å². The zero-order valence-electron chi connectivity index (χ0n) is 5.66. The zero-order chi connectivity index (χ0) is 8.59. The maximum Gasteiger partial charge on any atom is 0.148 e. The molecule has 0 aromatic heterocycles. The summed E-state index contributed by atoms with van der Waals surface area (Å²) in [6.45, 7) is 1.88.